The Morgan fingerprint density at radius 1 is 1.00 bits per heavy atom. The summed E-state index contributed by atoms with van der Waals surface area (Å²) in [6.07, 6.45) is 0.852. The van der Waals surface area contributed by atoms with Crippen molar-refractivity contribution in [2.24, 2.45) is 0 Å². The highest BCUT2D eigenvalue weighted by atomic mass is 32.1. The van der Waals surface area contributed by atoms with Crippen LogP contribution in [0.25, 0.3) is 11.1 Å². The number of benzene rings is 2. The van der Waals surface area contributed by atoms with Crippen molar-refractivity contribution in [1.82, 2.24) is 0 Å². The number of anilines is 1. The zero-order valence-corrected chi connectivity index (χ0v) is 18.5. The fourth-order valence-corrected chi connectivity index (χ4v) is 4.05. The number of thiophene rings is 1. The number of nitro groups is 2. The summed E-state index contributed by atoms with van der Waals surface area (Å²) < 4.78 is 5.16. The first-order valence-corrected chi connectivity index (χ1v) is 10.8. The molecule has 0 aliphatic rings. The van der Waals surface area contributed by atoms with Crippen LogP contribution in [-0.2, 0) is 11.2 Å². The number of amides is 1. The number of hydrogen-bond acceptors (Lipinski definition) is 8. The van der Waals surface area contributed by atoms with Gasteiger partial charge in [0.05, 0.1) is 28.1 Å². The lowest BCUT2D eigenvalue weighted by atomic mass is 10.0. The predicted octanol–water partition coefficient (Wildman–Crippen LogP) is 5.22. The molecule has 0 unspecified atom stereocenters. The Balaban J connectivity index is 2.02. The predicted molar refractivity (Wildman–Crippen MR) is 123 cm³/mol. The van der Waals surface area contributed by atoms with Crippen LogP contribution in [0, 0.1) is 20.2 Å². The first kappa shape index (κ1) is 23.5. The van der Waals surface area contributed by atoms with Crippen LogP contribution in [0.1, 0.15) is 40.1 Å². The number of nitrogens with zero attached hydrogens (tertiary/aromatic N) is 2. The molecule has 3 aromatic rings. The third-order valence-electron chi connectivity index (χ3n) is 4.76. The van der Waals surface area contributed by atoms with Crippen molar-refractivity contribution < 1.29 is 24.2 Å². The van der Waals surface area contributed by atoms with Gasteiger partial charge in [0.25, 0.3) is 17.3 Å². The molecule has 0 bridgehead atoms. The van der Waals surface area contributed by atoms with Crippen LogP contribution in [0.2, 0.25) is 0 Å². The van der Waals surface area contributed by atoms with Crippen molar-refractivity contribution in [2.75, 3.05) is 11.9 Å². The summed E-state index contributed by atoms with van der Waals surface area (Å²) in [7, 11) is 0. The summed E-state index contributed by atoms with van der Waals surface area (Å²) in [5, 5.41) is 26.7. The molecular formula is C22H19N3O7S. The van der Waals surface area contributed by atoms with E-state index in [1.807, 2.05) is 31.2 Å². The van der Waals surface area contributed by atoms with E-state index in [0.717, 1.165) is 47.1 Å². The standard InChI is InChI=1S/C22H19N3O7S/c1-3-13-5-7-14(8-6-13)18-12-33-21(19(18)22(27)32-4-2)23-20(26)15-9-16(24(28)29)11-17(10-15)25(30)31/h5-12H,3-4H2,1-2H3,(H,23,26). The van der Waals surface area contributed by atoms with Crippen molar-refractivity contribution in [3.05, 3.63) is 84.8 Å². The Bertz CT molecular complexity index is 1200. The van der Waals surface area contributed by atoms with Gasteiger partial charge in [-0.3, -0.25) is 25.0 Å². The molecule has 170 valence electrons. The van der Waals surface area contributed by atoms with Gasteiger partial charge in [-0.05, 0) is 24.5 Å². The average Bonchev–Trinajstić information content (AvgIpc) is 3.22. The van der Waals surface area contributed by atoms with Crippen LogP contribution >= 0.6 is 11.3 Å². The van der Waals surface area contributed by atoms with Crippen LogP contribution in [0.5, 0.6) is 0 Å². The van der Waals surface area contributed by atoms with E-state index in [0.29, 0.717) is 5.56 Å². The Hall–Kier alpha value is -4.12. The summed E-state index contributed by atoms with van der Waals surface area (Å²) >= 11 is 1.08. The molecule has 1 N–H and O–H groups in total. The molecule has 0 saturated heterocycles. The maximum atomic E-state index is 12.8. The van der Waals surface area contributed by atoms with E-state index in [1.54, 1.807) is 12.3 Å². The molecule has 0 aliphatic carbocycles. The molecule has 0 fully saturated rings. The van der Waals surface area contributed by atoms with Gasteiger partial charge in [-0.2, -0.15) is 0 Å². The van der Waals surface area contributed by atoms with E-state index in [-0.39, 0.29) is 22.7 Å². The molecule has 3 rings (SSSR count). The normalized spacial score (nSPS) is 10.5. The largest absolute Gasteiger partial charge is 0.462 e. The first-order valence-electron chi connectivity index (χ1n) is 9.88. The Morgan fingerprint density at radius 2 is 1.61 bits per heavy atom. The van der Waals surface area contributed by atoms with Gasteiger partial charge in [-0.1, -0.05) is 31.2 Å². The van der Waals surface area contributed by atoms with Gasteiger partial charge >= 0.3 is 5.97 Å². The Morgan fingerprint density at radius 3 is 2.12 bits per heavy atom. The fraction of sp³-hybridized carbons (Fsp3) is 0.182. The van der Waals surface area contributed by atoms with Gasteiger partial charge in [0.2, 0.25) is 0 Å². The molecule has 1 aromatic heterocycles. The van der Waals surface area contributed by atoms with Crippen molar-refractivity contribution in [3.8, 4) is 11.1 Å². The second kappa shape index (κ2) is 10.0. The molecule has 2 aromatic carbocycles. The number of rotatable bonds is 8. The molecule has 10 nitrogen and oxygen atoms in total. The molecule has 0 saturated carbocycles. The zero-order chi connectivity index (χ0) is 24.1. The SMILES string of the molecule is CCOC(=O)c1c(-c2ccc(CC)cc2)csc1NC(=O)c1cc([N+](=O)[O-])cc([N+](=O)[O-])c1. The zero-order valence-electron chi connectivity index (χ0n) is 17.7. The Kier molecular flexibility index (Phi) is 7.13. The summed E-state index contributed by atoms with van der Waals surface area (Å²) in [5.74, 6) is -1.48. The molecule has 1 heterocycles. The second-order valence-electron chi connectivity index (χ2n) is 6.83. The minimum Gasteiger partial charge on any atom is -0.462 e. The highest BCUT2D eigenvalue weighted by molar-refractivity contribution is 7.15. The van der Waals surface area contributed by atoms with Crippen molar-refractivity contribution in [3.63, 3.8) is 0 Å². The molecule has 0 radical (unpaired) electrons. The van der Waals surface area contributed by atoms with E-state index in [2.05, 4.69) is 5.32 Å². The van der Waals surface area contributed by atoms with Crippen LogP contribution < -0.4 is 5.32 Å². The molecule has 0 aliphatic heterocycles. The summed E-state index contributed by atoms with van der Waals surface area (Å²) in [4.78, 5) is 46.1. The monoisotopic (exact) mass is 469 g/mol. The fourth-order valence-electron chi connectivity index (χ4n) is 3.10. The van der Waals surface area contributed by atoms with Gasteiger partial charge in [-0.25, -0.2) is 4.79 Å². The number of carbonyl (C=O) groups is 2. The lowest BCUT2D eigenvalue weighted by Crippen LogP contribution is -2.15. The van der Waals surface area contributed by atoms with Crippen molar-refractivity contribution in [1.29, 1.82) is 0 Å². The summed E-state index contributed by atoms with van der Waals surface area (Å²) in [5.41, 5.74) is 1.09. The number of nitro benzene ring substituents is 2. The smallest absolute Gasteiger partial charge is 0.341 e. The van der Waals surface area contributed by atoms with Gasteiger partial charge < -0.3 is 10.1 Å². The number of non-ortho nitro benzene ring substituents is 2. The summed E-state index contributed by atoms with van der Waals surface area (Å²) in [6.45, 7) is 3.80. The second-order valence-corrected chi connectivity index (χ2v) is 7.71. The van der Waals surface area contributed by atoms with Crippen LogP contribution in [0.4, 0.5) is 16.4 Å². The quantitative estimate of drug-likeness (QED) is 0.271. The molecular weight excluding hydrogens is 450 g/mol. The molecule has 1 amide bonds. The highest BCUT2D eigenvalue weighted by Gasteiger charge is 2.25. The number of nitrogens with one attached hydrogen (secondary N) is 1. The minimum atomic E-state index is -0.831. The molecule has 11 heteroatoms. The van der Waals surface area contributed by atoms with Crippen molar-refractivity contribution in [2.45, 2.75) is 20.3 Å². The first-order chi connectivity index (χ1) is 15.7. The van der Waals surface area contributed by atoms with E-state index >= 15 is 0 Å². The number of hydrogen-bond donors (Lipinski definition) is 1. The van der Waals surface area contributed by atoms with Crippen LogP contribution in [-0.4, -0.2) is 28.3 Å². The minimum absolute atomic E-state index is 0.118. The third-order valence-corrected chi connectivity index (χ3v) is 5.65. The average molecular weight is 469 g/mol. The Labute approximate surface area is 192 Å². The van der Waals surface area contributed by atoms with Gasteiger partial charge in [0, 0.05) is 23.1 Å². The van der Waals surface area contributed by atoms with Gasteiger partial charge in [0.15, 0.2) is 0 Å². The number of esters is 1. The van der Waals surface area contributed by atoms with E-state index in [4.69, 9.17) is 4.74 Å². The van der Waals surface area contributed by atoms with Gasteiger partial charge in [-0.15, -0.1) is 11.3 Å². The van der Waals surface area contributed by atoms with Gasteiger partial charge in [0.1, 0.15) is 10.6 Å². The third kappa shape index (κ3) is 5.21. The molecule has 0 atom stereocenters. The number of aryl methyl sites for hydroxylation is 1. The van der Waals surface area contributed by atoms with E-state index in [9.17, 15) is 29.8 Å². The topological polar surface area (TPSA) is 142 Å². The molecule has 0 spiro atoms. The highest BCUT2D eigenvalue weighted by Crippen LogP contribution is 2.37. The lowest BCUT2D eigenvalue weighted by Gasteiger charge is -2.09. The van der Waals surface area contributed by atoms with E-state index in [1.165, 1.54) is 0 Å². The number of carbonyl (C=O) groups excluding carboxylic acids is 2. The van der Waals surface area contributed by atoms with Crippen LogP contribution in [0.15, 0.2) is 47.8 Å². The summed E-state index contributed by atoms with van der Waals surface area (Å²) in [6, 6.07) is 10.2. The van der Waals surface area contributed by atoms with E-state index < -0.39 is 33.1 Å². The lowest BCUT2D eigenvalue weighted by molar-refractivity contribution is -0.394. The maximum Gasteiger partial charge on any atom is 0.341 e. The van der Waals surface area contributed by atoms with Crippen molar-refractivity contribution >= 4 is 39.6 Å². The maximum absolute atomic E-state index is 12.8. The number of ether oxygens (including phenoxy) is 1. The van der Waals surface area contributed by atoms with Crippen LogP contribution in [0.3, 0.4) is 0 Å². The molecule has 33 heavy (non-hydrogen) atoms.